The van der Waals surface area contributed by atoms with Crippen molar-refractivity contribution in [1.82, 2.24) is 5.16 Å². The van der Waals surface area contributed by atoms with Crippen LogP contribution < -0.4 is 14.8 Å². The second-order valence-corrected chi connectivity index (χ2v) is 6.13. The van der Waals surface area contributed by atoms with Gasteiger partial charge < -0.3 is 19.3 Å². The molecule has 3 aromatic rings. The summed E-state index contributed by atoms with van der Waals surface area (Å²) in [5.74, 6) is 1.21. The van der Waals surface area contributed by atoms with E-state index in [1.54, 1.807) is 18.2 Å². The molecule has 0 saturated heterocycles. The van der Waals surface area contributed by atoms with E-state index in [4.69, 9.17) is 25.6 Å². The molecule has 0 unspecified atom stereocenters. The van der Waals surface area contributed by atoms with Gasteiger partial charge in [0, 0.05) is 30.2 Å². The van der Waals surface area contributed by atoms with Crippen molar-refractivity contribution in [2.24, 2.45) is 0 Å². The predicted molar refractivity (Wildman–Crippen MR) is 97.0 cm³/mol. The van der Waals surface area contributed by atoms with Gasteiger partial charge in [-0.25, -0.2) is 0 Å². The minimum absolute atomic E-state index is 0.159. The van der Waals surface area contributed by atoms with Gasteiger partial charge in [-0.15, -0.1) is 0 Å². The van der Waals surface area contributed by atoms with Gasteiger partial charge in [0.25, 0.3) is 5.91 Å². The van der Waals surface area contributed by atoms with E-state index < -0.39 is 5.91 Å². The highest BCUT2D eigenvalue weighted by atomic mass is 35.5. The molecule has 0 saturated carbocycles. The Kier molecular flexibility index (Phi) is 4.50. The van der Waals surface area contributed by atoms with Crippen LogP contribution in [-0.2, 0) is 0 Å². The number of nitrogens with zero attached hydrogens (tertiary/aromatic N) is 1. The highest BCUT2D eigenvalue weighted by molar-refractivity contribution is 6.34. The number of hydrogen-bond acceptors (Lipinski definition) is 5. The fraction of sp³-hybridized carbons (Fsp3) is 0.158. The average Bonchev–Trinajstić information content (AvgIpc) is 3.05. The summed E-state index contributed by atoms with van der Waals surface area (Å²) in [7, 11) is 0. The second kappa shape index (κ2) is 7.09. The first-order valence-electron chi connectivity index (χ1n) is 8.13. The summed E-state index contributed by atoms with van der Waals surface area (Å²) in [5, 5.41) is 6.92. The molecular formula is C19H15ClN2O4. The molecule has 132 valence electrons. The van der Waals surface area contributed by atoms with Gasteiger partial charge in [-0.05, 0) is 0 Å². The van der Waals surface area contributed by atoms with E-state index in [-0.39, 0.29) is 5.69 Å². The molecule has 0 spiro atoms. The Labute approximate surface area is 154 Å². The van der Waals surface area contributed by atoms with Gasteiger partial charge >= 0.3 is 0 Å². The lowest BCUT2D eigenvalue weighted by molar-refractivity contribution is 0.101. The lowest BCUT2D eigenvalue weighted by Gasteiger charge is -2.11. The van der Waals surface area contributed by atoms with E-state index in [0.29, 0.717) is 41.2 Å². The van der Waals surface area contributed by atoms with E-state index in [2.05, 4.69) is 10.5 Å². The molecule has 6 nitrogen and oxygen atoms in total. The zero-order chi connectivity index (χ0) is 17.9. The maximum Gasteiger partial charge on any atom is 0.277 e. The van der Waals surface area contributed by atoms with Crippen LogP contribution in [0.4, 0.5) is 5.69 Å². The van der Waals surface area contributed by atoms with E-state index >= 15 is 0 Å². The predicted octanol–water partition coefficient (Wildman–Crippen LogP) is 4.41. The molecule has 0 aliphatic carbocycles. The van der Waals surface area contributed by atoms with Crippen LogP contribution in [0.5, 0.6) is 11.5 Å². The molecule has 26 heavy (non-hydrogen) atoms. The van der Waals surface area contributed by atoms with Gasteiger partial charge in [-0.3, -0.25) is 4.79 Å². The van der Waals surface area contributed by atoms with Crippen LogP contribution in [0.25, 0.3) is 11.3 Å². The second-order valence-electron chi connectivity index (χ2n) is 5.73. The highest BCUT2D eigenvalue weighted by Crippen LogP contribution is 2.37. The zero-order valence-corrected chi connectivity index (χ0v) is 14.5. The monoisotopic (exact) mass is 370 g/mol. The van der Waals surface area contributed by atoms with Crippen LogP contribution in [0, 0.1) is 0 Å². The first-order valence-corrected chi connectivity index (χ1v) is 8.51. The largest absolute Gasteiger partial charge is 0.490 e. The number of hydrogen-bond donors (Lipinski definition) is 1. The summed E-state index contributed by atoms with van der Waals surface area (Å²) in [6.45, 7) is 1.11. The number of aromatic nitrogens is 1. The topological polar surface area (TPSA) is 73.6 Å². The minimum atomic E-state index is -0.424. The maximum absolute atomic E-state index is 12.5. The standard InChI is InChI=1S/C19H15ClN2O4/c20-13-9-17-18(25-8-4-7-24-17)10-14(13)21-19(23)15-11-16(26-22-15)12-5-2-1-3-6-12/h1-3,5-6,9-11H,4,7-8H2,(H,21,23). The van der Waals surface area contributed by atoms with E-state index in [1.807, 2.05) is 30.3 Å². The Balaban J connectivity index is 1.55. The lowest BCUT2D eigenvalue weighted by atomic mass is 10.1. The summed E-state index contributed by atoms with van der Waals surface area (Å²) in [5.41, 5.74) is 1.42. The summed E-state index contributed by atoms with van der Waals surface area (Å²) in [4.78, 5) is 12.5. The number of halogens is 1. The van der Waals surface area contributed by atoms with Crippen LogP contribution in [0.3, 0.4) is 0 Å². The Morgan fingerprint density at radius 1 is 1.04 bits per heavy atom. The van der Waals surface area contributed by atoms with Gasteiger partial charge in [0.2, 0.25) is 0 Å². The average molecular weight is 371 g/mol. The third-order valence-corrected chi connectivity index (χ3v) is 4.20. The van der Waals surface area contributed by atoms with E-state index in [1.165, 1.54) is 0 Å². The SMILES string of the molecule is O=C(Nc1cc2c(cc1Cl)OCCCO2)c1cc(-c2ccccc2)on1. The molecular weight excluding hydrogens is 356 g/mol. The number of ether oxygens (including phenoxy) is 2. The number of amides is 1. The van der Waals surface area contributed by atoms with Crippen LogP contribution in [0.1, 0.15) is 16.9 Å². The van der Waals surface area contributed by atoms with Crippen LogP contribution in [0.2, 0.25) is 5.02 Å². The molecule has 1 N–H and O–H groups in total. The number of fused-ring (bicyclic) bond motifs is 1. The van der Waals surface area contributed by atoms with Crippen LogP contribution in [0.15, 0.2) is 53.1 Å². The van der Waals surface area contributed by atoms with Gasteiger partial charge in [0.15, 0.2) is 23.0 Å². The van der Waals surface area contributed by atoms with Crippen molar-refractivity contribution in [3.05, 3.63) is 59.2 Å². The Hall–Kier alpha value is -2.99. The van der Waals surface area contributed by atoms with Crippen molar-refractivity contribution in [1.29, 1.82) is 0 Å². The van der Waals surface area contributed by atoms with E-state index in [0.717, 1.165) is 12.0 Å². The number of anilines is 1. The molecule has 0 bridgehead atoms. The molecule has 1 aliphatic heterocycles. The number of carbonyl (C=O) groups is 1. The number of rotatable bonds is 3. The van der Waals surface area contributed by atoms with Crippen molar-refractivity contribution >= 4 is 23.2 Å². The van der Waals surface area contributed by atoms with Crippen molar-refractivity contribution in [3.8, 4) is 22.8 Å². The van der Waals surface area contributed by atoms with Crippen LogP contribution >= 0.6 is 11.6 Å². The fourth-order valence-electron chi connectivity index (χ4n) is 2.59. The quantitative estimate of drug-likeness (QED) is 0.739. The molecule has 2 aromatic carbocycles. The van der Waals surface area contributed by atoms with Crippen molar-refractivity contribution < 1.29 is 18.8 Å². The molecule has 1 amide bonds. The molecule has 7 heteroatoms. The van der Waals surface area contributed by atoms with E-state index in [9.17, 15) is 4.79 Å². The first-order chi connectivity index (χ1) is 12.7. The van der Waals surface area contributed by atoms with Crippen molar-refractivity contribution in [3.63, 3.8) is 0 Å². The number of carbonyl (C=O) groups excluding carboxylic acids is 1. The molecule has 4 rings (SSSR count). The molecule has 0 atom stereocenters. The fourth-order valence-corrected chi connectivity index (χ4v) is 2.79. The minimum Gasteiger partial charge on any atom is -0.490 e. The van der Waals surface area contributed by atoms with Crippen LogP contribution in [-0.4, -0.2) is 24.3 Å². The molecule has 0 radical (unpaired) electrons. The normalized spacial score (nSPS) is 13.1. The van der Waals surface area contributed by atoms with Gasteiger partial charge in [-0.2, -0.15) is 0 Å². The zero-order valence-electron chi connectivity index (χ0n) is 13.7. The summed E-state index contributed by atoms with van der Waals surface area (Å²) in [6.07, 6.45) is 0.787. The maximum atomic E-state index is 12.5. The lowest BCUT2D eigenvalue weighted by Crippen LogP contribution is -2.12. The third kappa shape index (κ3) is 3.36. The molecule has 1 aliphatic rings. The van der Waals surface area contributed by atoms with Gasteiger partial charge in [-0.1, -0.05) is 47.1 Å². The Morgan fingerprint density at radius 3 is 2.54 bits per heavy atom. The molecule has 0 fully saturated rings. The molecule has 1 aromatic heterocycles. The number of benzene rings is 2. The van der Waals surface area contributed by atoms with Crippen molar-refractivity contribution in [2.75, 3.05) is 18.5 Å². The smallest absolute Gasteiger partial charge is 0.277 e. The summed E-state index contributed by atoms with van der Waals surface area (Å²) < 4.78 is 16.5. The Morgan fingerprint density at radius 2 is 1.77 bits per heavy atom. The summed E-state index contributed by atoms with van der Waals surface area (Å²) in [6, 6.07) is 14.3. The Bertz CT molecular complexity index is 940. The van der Waals surface area contributed by atoms with Gasteiger partial charge in [0.05, 0.1) is 23.9 Å². The van der Waals surface area contributed by atoms with Crippen molar-refractivity contribution in [2.45, 2.75) is 6.42 Å². The highest BCUT2D eigenvalue weighted by Gasteiger charge is 2.18. The van der Waals surface area contributed by atoms with Gasteiger partial charge in [0.1, 0.15) is 0 Å². The third-order valence-electron chi connectivity index (χ3n) is 3.89. The molecule has 2 heterocycles. The summed E-state index contributed by atoms with van der Waals surface area (Å²) >= 11 is 6.25. The first kappa shape index (κ1) is 16.5. The number of nitrogens with one attached hydrogen (secondary N) is 1.